The maximum atomic E-state index is 12.7. The van der Waals surface area contributed by atoms with Crippen LogP contribution in [0, 0.1) is 17.3 Å². The molecule has 1 aliphatic carbocycles. The molecule has 1 unspecified atom stereocenters. The maximum Gasteiger partial charge on any atom is 0.225 e. The van der Waals surface area contributed by atoms with Gasteiger partial charge in [0.1, 0.15) is 0 Å². The second kappa shape index (κ2) is 6.91. The molecule has 1 N–H and O–H groups in total. The summed E-state index contributed by atoms with van der Waals surface area (Å²) in [5, 5.41) is 3.05. The van der Waals surface area contributed by atoms with Gasteiger partial charge >= 0.3 is 0 Å². The summed E-state index contributed by atoms with van der Waals surface area (Å²) in [6.45, 7) is 5.95. The average Bonchev–Trinajstić information content (AvgIpc) is 2.94. The summed E-state index contributed by atoms with van der Waals surface area (Å²) in [4.78, 5) is 31.2. The van der Waals surface area contributed by atoms with Gasteiger partial charge in [-0.25, -0.2) is 0 Å². The van der Waals surface area contributed by atoms with Gasteiger partial charge in [-0.1, -0.05) is 26.3 Å². The van der Waals surface area contributed by atoms with Crippen LogP contribution >= 0.6 is 0 Å². The van der Waals surface area contributed by atoms with Gasteiger partial charge in [0.05, 0.1) is 5.92 Å². The normalized spacial score (nSPS) is 21.8. The highest BCUT2D eigenvalue weighted by Crippen LogP contribution is 2.51. The first-order valence-corrected chi connectivity index (χ1v) is 8.94. The van der Waals surface area contributed by atoms with E-state index in [9.17, 15) is 9.59 Å². The summed E-state index contributed by atoms with van der Waals surface area (Å²) in [5.74, 6) is 0.560. The van der Waals surface area contributed by atoms with Gasteiger partial charge < -0.3 is 10.2 Å². The largest absolute Gasteiger partial charge is 0.352 e. The minimum Gasteiger partial charge on any atom is -0.352 e. The van der Waals surface area contributed by atoms with Crippen LogP contribution < -0.4 is 5.32 Å². The highest BCUT2D eigenvalue weighted by atomic mass is 16.2. The number of hydrogen-bond donors (Lipinski definition) is 1. The number of amides is 2. The Labute approximate surface area is 143 Å². The molecule has 2 amide bonds. The summed E-state index contributed by atoms with van der Waals surface area (Å²) in [5.41, 5.74) is 1.02. The van der Waals surface area contributed by atoms with Crippen molar-refractivity contribution in [1.82, 2.24) is 15.2 Å². The molecule has 130 valence electrons. The van der Waals surface area contributed by atoms with Crippen molar-refractivity contribution in [1.29, 1.82) is 0 Å². The zero-order chi connectivity index (χ0) is 17.2. The molecule has 2 aliphatic rings. The van der Waals surface area contributed by atoms with Crippen molar-refractivity contribution in [3.8, 4) is 0 Å². The van der Waals surface area contributed by atoms with Crippen molar-refractivity contribution in [2.75, 3.05) is 13.1 Å². The van der Waals surface area contributed by atoms with E-state index >= 15 is 0 Å². The molecule has 5 nitrogen and oxygen atoms in total. The maximum absolute atomic E-state index is 12.7. The fourth-order valence-corrected chi connectivity index (χ4v) is 3.95. The number of nitrogens with one attached hydrogen (secondary N) is 1. The number of hydrogen-bond acceptors (Lipinski definition) is 3. The monoisotopic (exact) mass is 329 g/mol. The quantitative estimate of drug-likeness (QED) is 0.902. The predicted molar refractivity (Wildman–Crippen MR) is 91.9 cm³/mol. The molecule has 2 heterocycles. The molecule has 1 aliphatic heterocycles. The lowest BCUT2D eigenvalue weighted by Crippen LogP contribution is -2.45. The molecule has 5 heteroatoms. The Morgan fingerprint density at radius 3 is 2.79 bits per heavy atom. The molecule has 1 aromatic rings. The summed E-state index contributed by atoms with van der Waals surface area (Å²) in [6.07, 6.45) is 7.35. The van der Waals surface area contributed by atoms with E-state index in [2.05, 4.69) is 24.1 Å². The summed E-state index contributed by atoms with van der Waals surface area (Å²) < 4.78 is 0. The molecular formula is C19H27N3O2. The Kier molecular flexibility index (Phi) is 4.88. The van der Waals surface area contributed by atoms with E-state index in [1.54, 1.807) is 12.4 Å². The van der Waals surface area contributed by atoms with Crippen LogP contribution in [0.5, 0.6) is 0 Å². The van der Waals surface area contributed by atoms with Crippen LogP contribution in [0.15, 0.2) is 24.5 Å². The third kappa shape index (κ3) is 3.45. The first-order chi connectivity index (χ1) is 11.5. The topological polar surface area (TPSA) is 62.3 Å². The van der Waals surface area contributed by atoms with E-state index in [0.29, 0.717) is 25.4 Å². The van der Waals surface area contributed by atoms with E-state index in [1.165, 1.54) is 6.42 Å². The van der Waals surface area contributed by atoms with Crippen LogP contribution in [0.3, 0.4) is 0 Å². The van der Waals surface area contributed by atoms with Gasteiger partial charge in [-0.15, -0.1) is 0 Å². The Balaban J connectivity index is 1.62. The lowest BCUT2D eigenvalue weighted by Gasteiger charge is -2.41. The standard InChI is InChI=1S/C19H27N3O2/c1-14(2)9-17(23)22-12-16(19(13-22)6-4-7-19)18(24)21-11-15-5-3-8-20-10-15/h3,5,8,10,14,16H,4,6-7,9,11-13H2,1-2H3,(H,21,24). The Morgan fingerprint density at radius 2 is 2.21 bits per heavy atom. The number of carbonyl (C=O) groups excluding carboxylic acids is 2. The van der Waals surface area contributed by atoms with Crippen LogP contribution in [0.4, 0.5) is 0 Å². The molecule has 1 saturated heterocycles. The summed E-state index contributed by atoms with van der Waals surface area (Å²) >= 11 is 0. The molecule has 2 fully saturated rings. The molecule has 1 atom stereocenters. The molecule has 24 heavy (non-hydrogen) atoms. The number of pyridine rings is 1. The minimum atomic E-state index is -0.0703. The SMILES string of the molecule is CC(C)CC(=O)N1CC(C(=O)NCc2cccnc2)C2(CCC2)C1. The van der Waals surface area contributed by atoms with Crippen molar-refractivity contribution < 1.29 is 9.59 Å². The summed E-state index contributed by atoms with van der Waals surface area (Å²) in [7, 11) is 0. The number of rotatable bonds is 5. The van der Waals surface area contributed by atoms with Crippen molar-refractivity contribution in [3.05, 3.63) is 30.1 Å². The number of aromatic nitrogens is 1. The van der Waals surface area contributed by atoms with Crippen LogP contribution in [-0.4, -0.2) is 34.8 Å². The highest BCUT2D eigenvalue weighted by Gasteiger charge is 2.54. The van der Waals surface area contributed by atoms with Crippen LogP contribution in [-0.2, 0) is 16.1 Å². The van der Waals surface area contributed by atoms with Crippen molar-refractivity contribution in [2.24, 2.45) is 17.3 Å². The van der Waals surface area contributed by atoms with Crippen molar-refractivity contribution in [3.63, 3.8) is 0 Å². The molecule has 1 aromatic heterocycles. The predicted octanol–water partition coefficient (Wildman–Crippen LogP) is 2.37. The molecule has 0 radical (unpaired) electrons. The van der Waals surface area contributed by atoms with Crippen LogP contribution in [0.1, 0.15) is 45.1 Å². The van der Waals surface area contributed by atoms with E-state index in [-0.39, 0.29) is 23.1 Å². The first kappa shape index (κ1) is 16.9. The Hall–Kier alpha value is -1.91. The third-order valence-electron chi connectivity index (χ3n) is 5.44. The third-order valence-corrected chi connectivity index (χ3v) is 5.44. The van der Waals surface area contributed by atoms with E-state index in [4.69, 9.17) is 0 Å². The highest BCUT2D eigenvalue weighted by molar-refractivity contribution is 5.83. The first-order valence-electron chi connectivity index (χ1n) is 8.94. The van der Waals surface area contributed by atoms with Crippen LogP contribution in [0.2, 0.25) is 0 Å². The van der Waals surface area contributed by atoms with Crippen LogP contribution in [0.25, 0.3) is 0 Å². The molecule has 0 bridgehead atoms. The fraction of sp³-hybridized carbons (Fsp3) is 0.632. The van der Waals surface area contributed by atoms with E-state index in [1.807, 2.05) is 17.0 Å². The smallest absolute Gasteiger partial charge is 0.225 e. The molecule has 1 spiro atoms. The summed E-state index contributed by atoms with van der Waals surface area (Å²) in [6, 6.07) is 3.83. The van der Waals surface area contributed by atoms with Gasteiger partial charge in [-0.05, 0) is 30.4 Å². The second-order valence-electron chi connectivity index (χ2n) is 7.72. The lowest BCUT2D eigenvalue weighted by molar-refractivity contribution is -0.131. The van der Waals surface area contributed by atoms with E-state index in [0.717, 1.165) is 24.9 Å². The fourth-order valence-electron chi connectivity index (χ4n) is 3.95. The lowest BCUT2D eigenvalue weighted by atomic mass is 9.62. The van der Waals surface area contributed by atoms with Gasteiger partial charge in [0, 0.05) is 43.9 Å². The van der Waals surface area contributed by atoms with Crippen molar-refractivity contribution >= 4 is 11.8 Å². The molecule has 0 aromatic carbocycles. The van der Waals surface area contributed by atoms with Gasteiger partial charge in [-0.3, -0.25) is 14.6 Å². The van der Waals surface area contributed by atoms with E-state index < -0.39 is 0 Å². The zero-order valence-electron chi connectivity index (χ0n) is 14.6. The number of carbonyl (C=O) groups is 2. The molecular weight excluding hydrogens is 302 g/mol. The average molecular weight is 329 g/mol. The van der Waals surface area contributed by atoms with Crippen molar-refractivity contribution in [2.45, 2.75) is 46.1 Å². The van der Waals surface area contributed by atoms with Gasteiger partial charge in [0.15, 0.2) is 0 Å². The van der Waals surface area contributed by atoms with Gasteiger partial charge in [-0.2, -0.15) is 0 Å². The minimum absolute atomic E-state index is 0.0195. The van der Waals surface area contributed by atoms with Gasteiger partial charge in [0.2, 0.25) is 11.8 Å². The molecule has 3 rings (SSSR count). The second-order valence-corrected chi connectivity index (χ2v) is 7.72. The zero-order valence-corrected chi connectivity index (χ0v) is 14.6. The number of nitrogens with zero attached hydrogens (tertiary/aromatic N) is 2. The number of likely N-dealkylation sites (tertiary alicyclic amines) is 1. The Morgan fingerprint density at radius 1 is 1.42 bits per heavy atom. The Bertz CT molecular complexity index is 596. The molecule has 1 saturated carbocycles. The van der Waals surface area contributed by atoms with Gasteiger partial charge in [0.25, 0.3) is 0 Å².